The minimum atomic E-state index is -0.229. The van der Waals surface area contributed by atoms with Crippen molar-refractivity contribution < 1.29 is 14.3 Å². The number of anilines is 1. The van der Waals surface area contributed by atoms with Crippen molar-refractivity contribution in [2.75, 3.05) is 38.2 Å². The molecule has 0 unspecified atom stereocenters. The third kappa shape index (κ3) is 5.95. The van der Waals surface area contributed by atoms with Gasteiger partial charge in [0.1, 0.15) is 0 Å². The van der Waals surface area contributed by atoms with Crippen LogP contribution in [0, 0.1) is 0 Å². The number of carbonyl (C=O) groups excluding carboxylic acids is 2. The summed E-state index contributed by atoms with van der Waals surface area (Å²) in [6, 6.07) is 9.58. The van der Waals surface area contributed by atoms with Crippen LogP contribution < -0.4 is 4.90 Å². The molecule has 116 valence electrons. The Morgan fingerprint density at radius 2 is 1.81 bits per heavy atom. The van der Waals surface area contributed by atoms with E-state index in [9.17, 15) is 9.59 Å². The zero-order valence-corrected chi connectivity index (χ0v) is 13.0. The first-order valence-electron chi connectivity index (χ1n) is 7.28. The Balaban J connectivity index is 2.49. The number of likely N-dealkylation sites (N-methyl/N-ethyl adjacent to an activating group) is 2. The van der Waals surface area contributed by atoms with Gasteiger partial charge in [-0.3, -0.25) is 14.5 Å². The van der Waals surface area contributed by atoms with E-state index in [0.717, 1.165) is 5.69 Å². The predicted molar refractivity (Wildman–Crippen MR) is 83.2 cm³/mol. The highest BCUT2D eigenvalue weighted by Crippen LogP contribution is 2.13. The quantitative estimate of drug-likeness (QED) is 0.687. The van der Waals surface area contributed by atoms with Gasteiger partial charge in [0.25, 0.3) is 0 Å². The second kappa shape index (κ2) is 9.13. The van der Waals surface area contributed by atoms with Crippen molar-refractivity contribution in [3.8, 4) is 0 Å². The molecule has 1 amide bonds. The third-order valence-corrected chi connectivity index (χ3v) is 3.09. The molecule has 0 bridgehead atoms. The number of hydrogen-bond donors (Lipinski definition) is 0. The molecule has 0 aliphatic carbocycles. The zero-order valence-electron chi connectivity index (χ0n) is 13.0. The van der Waals surface area contributed by atoms with E-state index in [1.165, 1.54) is 0 Å². The van der Waals surface area contributed by atoms with Crippen molar-refractivity contribution in [3.05, 3.63) is 30.3 Å². The Morgan fingerprint density at radius 1 is 1.14 bits per heavy atom. The van der Waals surface area contributed by atoms with Gasteiger partial charge in [-0.05, 0) is 33.0 Å². The molecule has 0 saturated heterocycles. The standard InChI is InChI=1S/C16H24N2O3/c1-4-18(14-9-7-6-8-10-14)15(19)13-17(3)12-11-16(20)21-5-2/h6-10H,4-5,11-13H2,1-3H3. The first-order valence-corrected chi connectivity index (χ1v) is 7.28. The molecule has 5 heteroatoms. The molecule has 0 N–H and O–H groups in total. The third-order valence-electron chi connectivity index (χ3n) is 3.09. The number of amides is 1. The molecule has 1 aromatic rings. The van der Waals surface area contributed by atoms with Gasteiger partial charge in [0, 0.05) is 18.8 Å². The Morgan fingerprint density at radius 3 is 2.38 bits per heavy atom. The monoisotopic (exact) mass is 292 g/mol. The highest BCUT2D eigenvalue weighted by molar-refractivity contribution is 5.94. The minimum absolute atomic E-state index is 0.0232. The summed E-state index contributed by atoms with van der Waals surface area (Å²) < 4.78 is 4.87. The molecular formula is C16H24N2O3. The zero-order chi connectivity index (χ0) is 15.7. The fraction of sp³-hybridized carbons (Fsp3) is 0.500. The number of benzene rings is 1. The second-order valence-corrected chi connectivity index (χ2v) is 4.77. The summed E-state index contributed by atoms with van der Waals surface area (Å²) >= 11 is 0. The van der Waals surface area contributed by atoms with Crippen molar-refractivity contribution in [1.82, 2.24) is 4.90 Å². The maximum absolute atomic E-state index is 12.3. The SMILES string of the molecule is CCOC(=O)CCN(C)CC(=O)N(CC)c1ccccc1. The van der Waals surface area contributed by atoms with Gasteiger partial charge in [-0.1, -0.05) is 18.2 Å². The average Bonchev–Trinajstić information content (AvgIpc) is 2.47. The Kier molecular flexibility index (Phi) is 7.46. The number of esters is 1. The van der Waals surface area contributed by atoms with Gasteiger partial charge in [-0.2, -0.15) is 0 Å². The van der Waals surface area contributed by atoms with E-state index < -0.39 is 0 Å². The molecule has 0 aliphatic heterocycles. The molecule has 0 spiro atoms. The summed E-state index contributed by atoms with van der Waals surface area (Å²) in [6.45, 7) is 5.53. The number of para-hydroxylation sites is 1. The van der Waals surface area contributed by atoms with Crippen LogP contribution in [0.5, 0.6) is 0 Å². The topological polar surface area (TPSA) is 49.9 Å². The maximum Gasteiger partial charge on any atom is 0.307 e. The number of rotatable bonds is 8. The van der Waals surface area contributed by atoms with Crippen LogP contribution in [-0.2, 0) is 14.3 Å². The van der Waals surface area contributed by atoms with Crippen molar-refractivity contribution in [3.63, 3.8) is 0 Å². The summed E-state index contributed by atoms with van der Waals surface area (Å²) in [5.41, 5.74) is 0.892. The normalized spacial score (nSPS) is 10.5. The van der Waals surface area contributed by atoms with E-state index >= 15 is 0 Å². The molecule has 0 atom stereocenters. The van der Waals surface area contributed by atoms with Gasteiger partial charge in [0.2, 0.25) is 5.91 Å². The van der Waals surface area contributed by atoms with E-state index in [1.807, 2.05) is 49.2 Å². The van der Waals surface area contributed by atoms with E-state index in [4.69, 9.17) is 4.74 Å². The summed E-state index contributed by atoms with van der Waals surface area (Å²) in [4.78, 5) is 27.2. The molecule has 0 heterocycles. The summed E-state index contributed by atoms with van der Waals surface area (Å²) in [7, 11) is 1.83. The van der Waals surface area contributed by atoms with Crippen LogP contribution in [-0.4, -0.2) is 50.1 Å². The van der Waals surface area contributed by atoms with E-state index in [0.29, 0.717) is 26.1 Å². The predicted octanol–water partition coefficient (Wildman–Crippen LogP) is 1.92. The number of nitrogens with zero attached hydrogens (tertiary/aromatic N) is 2. The lowest BCUT2D eigenvalue weighted by Crippen LogP contribution is -2.39. The first kappa shape index (κ1) is 17.2. The van der Waals surface area contributed by atoms with Crippen LogP contribution in [0.3, 0.4) is 0 Å². The minimum Gasteiger partial charge on any atom is -0.466 e. The molecule has 0 aromatic heterocycles. The molecule has 0 fully saturated rings. The summed E-state index contributed by atoms with van der Waals surface area (Å²) in [5.74, 6) is -0.206. The Bertz CT molecular complexity index is 448. The molecule has 21 heavy (non-hydrogen) atoms. The van der Waals surface area contributed by atoms with Crippen LogP contribution in [0.15, 0.2) is 30.3 Å². The molecule has 0 radical (unpaired) electrons. The van der Waals surface area contributed by atoms with Crippen LogP contribution in [0.4, 0.5) is 5.69 Å². The smallest absolute Gasteiger partial charge is 0.307 e. The molecule has 0 saturated carbocycles. The Hall–Kier alpha value is -1.88. The lowest BCUT2D eigenvalue weighted by atomic mass is 10.2. The van der Waals surface area contributed by atoms with Crippen LogP contribution >= 0.6 is 0 Å². The van der Waals surface area contributed by atoms with E-state index in [2.05, 4.69) is 0 Å². The first-order chi connectivity index (χ1) is 10.1. The van der Waals surface area contributed by atoms with Gasteiger partial charge in [0.15, 0.2) is 0 Å². The second-order valence-electron chi connectivity index (χ2n) is 4.77. The van der Waals surface area contributed by atoms with Crippen molar-refractivity contribution in [1.29, 1.82) is 0 Å². The Labute approximate surface area is 126 Å². The molecule has 5 nitrogen and oxygen atoms in total. The lowest BCUT2D eigenvalue weighted by Gasteiger charge is -2.24. The van der Waals surface area contributed by atoms with Gasteiger partial charge < -0.3 is 9.64 Å². The fourth-order valence-electron chi connectivity index (χ4n) is 2.02. The molecule has 0 aliphatic rings. The van der Waals surface area contributed by atoms with Crippen LogP contribution in [0.2, 0.25) is 0 Å². The van der Waals surface area contributed by atoms with Crippen molar-refractivity contribution >= 4 is 17.6 Å². The lowest BCUT2D eigenvalue weighted by molar-refractivity contribution is -0.143. The van der Waals surface area contributed by atoms with Gasteiger partial charge in [-0.25, -0.2) is 0 Å². The average molecular weight is 292 g/mol. The van der Waals surface area contributed by atoms with Crippen LogP contribution in [0.25, 0.3) is 0 Å². The largest absolute Gasteiger partial charge is 0.466 e. The fourth-order valence-corrected chi connectivity index (χ4v) is 2.02. The van der Waals surface area contributed by atoms with Crippen LogP contribution in [0.1, 0.15) is 20.3 Å². The van der Waals surface area contributed by atoms with Gasteiger partial charge in [-0.15, -0.1) is 0 Å². The van der Waals surface area contributed by atoms with Gasteiger partial charge in [0.05, 0.1) is 19.6 Å². The number of carbonyl (C=O) groups is 2. The molecule has 1 aromatic carbocycles. The summed E-state index contributed by atoms with van der Waals surface area (Å²) in [5, 5.41) is 0. The highest BCUT2D eigenvalue weighted by atomic mass is 16.5. The highest BCUT2D eigenvalue weighted by Gasteiger charge is 2.16. The van der Waals surface area contributed by atoms with Gasteiger partial charge >= 0.3 is 5.97 Å². The number of ether oxygens (including phenoxy) is 1. The maximum atomic E-state index is 12.3. The molecule has 1 rings (SSSR count). The summed E-state index contributed by atoms with van der Waals surface area (Å²) in [6.07, 6.45) is 0.301. The molecular weight excluding hydrogens is 268 g/mol. The van der Waals surface area contributed by atoms with Crippen molar-refractivity contribution in [2.45, 2.75) is 20.3 Å². The van der Waals surface area contributed by atoms with E-state index in [1.54, 1.807) is 11.8 Å². The van der Waals surface area contributed by atoms with E-state index in [-0.39, 0.29) is 18.4 Å². The van der Waals surface area contributed by atoms with Crippen molar-refractivity contribution in [2.24, 2.45) is 0 Å². The number of hydrogen-bond acceptors (Lipinski definition) is 4.